The van der Waals surface area contributed by atoms with Crippen LogP contribution in [0.25, 0.3) is 10.9 Å². The van der Waals surface area contributed by atoms with Gasteiger partial charge in [-0.3, -0.25) is 0 Å². The predicted octanol–water partition coefficient (Wildman–Crippen LogP) is 3.77. The number of carbonyl (C=O) groups is 1. The summed E-state index contributed by atoms with van der Waals surface area (Å²) in [6.45, 7) is 4.17. The molecule has 142 valence electrons. The maximum absolute atomic E-state index is 12.9. The van der Waals surface area contributed by atoms with Gasteiger partial charge in [0, 0.05) is 23.1 Å². The maximum atomic E-state index is 12.9. The van der Waals surface area contributed by atoms with Crippen molar-refractivity contribution in [2.24, 2.45) is 0 Å². The lowest BCUT2D eigenvalue weighted by Gasteiger charge is -2.09. The van der Waals surface area contributed by atoms with Crippen molar-refractivity contribution in [3.05, 3.63) is 65.4 Å². The van der Waals surface area contributed by atoms with Crippen LogP contribution in [0.2, 0.25) is 0 Å². The van der Waals surface area contributed by atoms with E-state index in [1.54, 1.807) is 19.9 Å². The molecule has 1 aromatic heterocycles. The van der Waals surface area contributed by atoms with E-state index < -0.39 is 16.5 Å². The van der Waals surface area contributed by atoms with Gasteiger partial charge in [-0.1, -0.05) is 34.2 Å². The van der Waals surface area contributed by atoms with Crippen molar-refractivity contribution < 1.29 is 26.0 Å². The molecule has 6 nitrogen and oxygen atoms in total. The van der Waals surface area contributed by atoms with Gasteiger partial charge in [-0.25, -0.2) is 4.79 Å². The molecule has 0 atom stereocenters. The minimum Gasteiger partial charge on any atom is -0.462 e. The van der Waals surface area contributed by atoms with E-state index in [0.717, 1.165) is 5.56 Å². The van der Waals surface area contributed by atoms with Gasteiger partial charge >= 0.3 is 16.5 Å². The highest BCUT2D eigenvalue weighted by Gasteiger charge is 2.22. The molecule has 0 aliphatic carbocycles. The molecule has 0 spiro atoms. The summed E-state index contributed by atoms with van der Waals surface area (Å²) in [5.41, 5.74) is 2.67. The van der Waals surface area contributed by atoms with Gasteiger partial charge in [0.25, 0.3) is 0 Å². The number of carbonyl (C=O) groups excluding carboxylic acids is 1. The minimum absolute atomic E-state index is 0.193. The van der Waals surface area contributed by atoms with Crippen molar-refractivity contribution in [2.45, 2.75) is 20.4 Å². The van der Waals surface area contributed by atoms with Crippen LogP contribution in [0.1, 0.15) is 28.5 Å². The predicted molar refractivity (Wildman–Crippen MR) is 98.8 cm³/mol. The summed E-state index contributed by atoms with van der Waals surface area (Å²) in [4.78, 5) is 12.5. The lowest BCUT2D eigenvalue weighted by molar-refractivity contribution is 0.0527. The zero-order valence-electron chi connectivity index (χ0n) is 14.8. The fraction of sp³-hybridized carbons (Fsp3) is 0.211. The van der Waals surface area contributed by atoms with E-state index in [4.69, 9.17) is 4.74 Å². The summed E-state index contributed by atoms with van der Waals surface area (Å²) in [5.74, 6) is -0.750. The van der Waals surface area contributed by atoms with Crippen molar-refractivity contribution in [3.8, 4) is 5.75 Å². The summed E-state index contributed by atoms with van der Waals surface area (Å²) in [7, 11) is -5.16. The fourth-order valence-corrected chi connectivity index (χ4v) is 3.39. The molecule has 0 bridgehead atoms. The van der Waals surface area contributed by atoms with Crippen LogP contribution >= 0.6 is 0 Å². The van der Waals surface area contributed by atoms with Gasteiger partial charge in [0.1, 0.15) is 5.75 Å². The van der Waals surface area contributed by atoms with Crippen LogP contribution < -0.4 is 4.18 Å². The first-order chi connectivity index (χ1) is 12.8. The molecule has 0 radical (unpaired) electrons. The third-order valence-electron chi connectivity index (χ3n) is 4.15. The van der Waals surface area contributed by atoms with Crippen LogP contribution in [0.4, 0.5) is 3.89 Å². The summed E-state index contributed by atoms with van der Waals surface area (Å²) < 4.78 is 45.8. The van der Waals surface area contributed by atoms with Crippen LogP contribution in [0.5, 0.6) is 5.75 Å². The van der Waals surface area contributed by atoms with Gasteiger partial charge in [0.05, 0.1) is 12.2 Å². The van der Waals surface area contributed by atoms with Crippen LogP contribution in [0.3, 0.4) is 0 Å². The Bertz CT molecular complexity index is 1090. The van der Waals surface area contributed by atoms with E-state index in [0.29, 0.717) is 28.7 Å². The molecule has 3 rings (SSSR count). The summed E-state index contributed by atoms with van der Waals surface area (Å²) >= 11 is 0. The number of esters is 1. The van der Waals surface area contributed by atoms with Crippen molar-refractivity contribution in [3.63, 3.8) is 0 Å². The second kappa shape index (κ2) is 7.40. The highest BCUT2D eigenvalue weighted by Crippen LogP contribution is 2.31. The quantitative estimate of drug-likeness (QED) is 0.472. The molecule has 2 aromatic carbocycles. The molecular weight excluding hydrogens is 373 g/mol. The molecule has 0 aliphatic rings. The lowest BCUT2D eigenvalue weighted by Crippen LogP contribution is -2.08. The van der Waals surface area contributed by atoms with Gasteiger partial charge < -0.3 is 13.5 Å². The molecule has 0 saturated heterocycles. The molecule has 0 aliphatic heterocycles. The Morgan fingerprint density at radius 1 is 1.15 bits per heavy atom. The van der Waals surface area contributed by atoms with E-state index in [1.807, 2.05) is 34.9 Å². The Balaban J connectivity index is 2.18. The van der Waals surface area contributed by atoms with E-state index in [-0.39, 0.29) is 12.4 Å². The Kier molecular flexibility index (Phi) is 5.18. The normalized spacial score (nSPS) is 11.5. The number of rotatable bonds is 6. The summed E-state index contributed by atoms with van der Waals surface area (Å²) in [6.07, 6.45) is 0. The first-order valence-electron chi connectivity index (χ1n) is 8.28. The molecular formula is C19H18FNO5S. The third-order valence-corrected chi connectivity index (χ3v) is 4.55. The van der Waals surface area contributed by atoms with Crippen LogP contribution in [-0.4, -0.2) is 25.6 Å². The highest BCUT2D eigenvalue weighted by molar-refractivity contribution is 7.81. The minimum atomic E-state index is -5.16. The molecule has 0 saturated carbocycles. The number of halogens is 1. The van der Waals surface area contributed by atoms with Crippen LogP contribution in [0, 0.1) is 6.92 Å². The van der Waals surface area contributed by atoms with Gasteiger partial charge in [-0.15, -0.1) is 0 Å². The highest BCUT2D eigenvalue weighted by atomic mass is 32.3. The van der Waals surface area contributed by atoms with Gasteiger partial charge in [-0.2, -0.15) is 8.42 Å². The largest absolute Gasteiger partial charge is 0.488 e. The second-order valence-corrected chi connectivity index (χ2v) is 6.86. The van der Waals surface area contributed by atoms with Crippen molar-refractivity contribution in [2.75, 3.05) is 6.61 Å². The molecule has 8 heteroatoms. The average Bonchev–Trinajstić information content (AvgIpc) is 2.86. The van der Waals surface area contributed by atoms with Crippen molar-refractivity contribution >= 4 is 27.4 Å². The molecule has 0 fully saturated rings. The second-order valence-electron chi connectivity index (χ2n) is 5.91. The first kappa shape index (κ1) is 18.9. The number of benzene rings is 2. The maximum Gasteiger partial charge on any atom is 0.488 e. The average molecular weight is 391 g/mol. The number of fused-ring (bicyclic) bond motifs is 1. The third kappa shape index (κ3) is 4.11. The van der Waals surface area contributed by atoms with E-state index in [2.05, 4.69) is 4.18 Å². The molecule has 0 N–H and O–H groups in total. The topological polar surface area (TPSA) is 74.6 Å². The zero-order valence-corrected chi connectivity index (χ0v) is 15.6. The monoisotopic (exact) mass is 391 g/mol. The zero-order chi connectivity index (χ0) is 19.6. The number of nitrogens with zero attached hydrogens (tertiary/aromatic N) is 1. The Morgan fingerprint density at radius 2 is 1.85 bits per heavy atom. The Morgan fingerprint density at radius 3 is 2.48 bits per heavy atom. The first-order valence-corrected chi connectivity index (χ1v) is 9.59. The summed E-state index contributed by atoms with van der Waals surface area (Å²) in [5, 5.41) is 0.433. The Labute approximate surface area is 156 Å². The van der Waals surface area contributed by atoms with Crippen molar-refractivity contribution in [1.29, 1.82) is 0 Å². The van der Waals surface area contributed by atoms with Gasteiger partial charge in [0.15, 0.2) is 0 Å². The smallest absolute Gasteiger partial charge is 0.462 e. The van der Waals surface area contributed by atoms with Gasteiger partial charge in [0.2, 0.25) is 0 Å². The van der Waals surface area contributed by atoms with E-state index >= 15 is 0 Å². The molecule has 0 unspecified atom stereocenters. The number of hydrogen-bond acceptors (Lipinski definition) is 5. The van der Waals surface area contributed by atoms with Crippen molar-refractivity contribution in [1.82, 2.24) is 4.57 Å². The number of hydrogen-bond donors (Lipinski definition) is 0. The van der Waals surface area contributed by atoms with E-state index in [1.165, 1.54) is 12.1 Å². The number of ether oxygens (including phenoxy) is 1. The SMILES string of the molecule is CCOC(=O)c1c(C)n(Cc2ccccc2)c2ccc(OS(=O)(=O)F)cc12. The van der Waals surface area contributed by atoms with Crippen LogP contribution in [-0.2, 0) is 21.8 Å². The van der Waals surface area contributed by atoms with Crippen LogP contribution in [0.15, 0.2) is 48.5 Å². The standard InChI is InChI=1S/C19H18FNO5S/c1-3-25-19(22)18-13(2)21(12-14-7-5-4-6-8-14)17-10-9-15(11-16(17)18)26-27(20,23)24/h4-11H,3,12H2,1-2H3. The molecule has 3 aromatic rings. The summed E-state index contributed by atoms with van der Waals surface area (Å²) in [6, 6.07) is 13.9. The van der Waals surface area contributed by atoms with Gasteiger partial charge in [-0.05, 0) is 37.6 Å². The molecule has 27 heavy (non-hydrogen) atoms. The lowest BCUT2D eigenvalue weighted by atomic mass is 10.1. The Hall–Kier alpha value is -2.87. The fourth-order valence-electron chi connectivity index (χ4n) is 3.06. The number of aromatic nitrogens is 1. The molecule has 1 heterocycles. The van der Waals surface area contributed by atoms with E-state index in [9.17, 15) is 17.1 Å². The molecule has 0 amide bonds.